The number of alkyl halides is 17. The molecule has 0 saturated heterocycles. The van der Waals surface area contributed by atoms with Crippen LogP contribution in [0.3, 0.4) is 0 Å². The smallest absolute Gasteiger partial charge is 0.382 e. The summed E-state index contributed by atoms with van der Waals surface area (Å²) in [6.07, 6.45) is -11.4. The third-order valence-corrected chi connectivity index (χ3v) is 4.68. The lowest BCUT2D eigenvalue weighted by molar-refractivity contribution is -0.367. The summed E-state index contributed by atoms with van der Waals surface area (Å²) < 4.78 is 228. The van der Waals surface area contributed by atoms with Crippen molar-refractivity contribution in [2.75, 3.05) is 0 Å². The Bertz CT molecular complexity index is 826. The molecule has 1 N–H and O–H groups in total. The minimum absolute atomic E-state index is 0.509. The second-order valence-corrected chi connectivity index (χ2v) is 7.62. The maximum Gasteiger partial charge on any atom is 0.382 e. The molecule has 0 aliphatic heterocycles. The Balaban J connectivity index is 7.13. The molecule has 0 aliphatic rings. The molecule has 0 aromatic rings. The van der Waals surface area contributed by atoms with E-state index in [1.165, 1.54) is 0 Å². The maximum atomic E-state index is 14.1. The van der Waals surface area contributed by atoms with Crippen molar-refractivity contribution in [3.63, 3.8) is 0 Å². The van der Waals surface area contributed by atoms with Gasteiger partial charge in [0.05, 0.1) is 5.41 Å². The number of allylic oxidation sites excluding steroid dienone is 1. The first-order valence-electron chi connectivity index (χ1n) is 8.46. The zero-order valence-corrected chi connectivity index (χ0v) is 17.0. The van der Waals surface area contributed by atoms with E-state index in [-0.39, 0.29) is 0 Å². The van der Waals surface area contributed by atoms with E-state index in [0.29, 0.717) is 0 Å². The van der Waals surface area contributed by atoms with Crippen LogP contribution in [0.25, 0.3) is 0 Å². The molecule has 0 heterocycles. The van der Waals surface area contributed by atoms with E-state index in [4.69, 9.17) is 5.11 Å². The van der Waals surface area contributed by atoms with Gasteiger partial charge in [-0.1, -0.05) is 19.9 Å². The molecule has 19 heteroatoms. The highest BCUT2D eigenvalue weighted by Crippen LogP contribution is 2.59. The quantitative estimate of drug-likeness (QED) is 0.217. The van der Waals surface area contributed by atoms with Crippen LogP contribution in [0.2, 0.25) is 0 Å². The molecule has 1 unspecified atom stereocenters. The molecular formula is C16H13F17O2. The molecule has 0 radical (unpaired) electrons. The highest BCUT2D eigenvalue weighted by molar-refractivity contribution is 5.89. The molecule has 0 fully saturated rings. The van der Waals surface area contributed by atoms with Crippen LogP contribution < -0.4 is 0 Å². The summed E-state index contributed by atoms with van der Waals surface area (Å²) in [7, 11) is 0. The molecule has 0 amide bonds. The molecule has 35 heavy (non-hydrogen) atoms. The average Bonchev–Trinajstić information content (AvgIpc) is 2.64. The second kappa shape index (κ2) is 8.85. The highest BCUT2D eigenvalue weighted by atomic mass is 19.4. The van der Waals surface area contributed by atoms with Crippen molar-refractivity contribution in [1.82, 2.24) is 0 Å². The van der Waals surface area contributed by atoms with Gasteiger partial charge >= 0.3 is 53.9 Å². The predicted octanol–water partition coefficient (Wildman–Crippen LogP) is 7.09. The fourth-order valence-corrected chi connectivity index (χ4v) is 2.31. The maximum absolute atomic E-state index is 14.1. The summed E-state index contributed by atoms with van der Waals surface area (Å²) in [5, 5.41) is 8.64. The van der Waals surface area contributed by atoms with Gasteiger partial charge in [0.25, 0.3) is 0 Å². The van der Waals surface area contributed by atoms with Crippen molar-refractivity contribution in [2.45, 2.75) is 74.8 Å². The molecule has 0 spiro atoms. The topological polar surface area (TPSA) is 37.3 Å². The van der Waals surface area contributed by atoms with Crippen molar-refractivity contribution >= 4 is 5.97 Å². The highest BCUT2D eigenvalue weighted by Gasteiger charge is 2.84. The number of hydrogen-bond donors (Lipinski definition) is 1. The number of rotatable bonds is 11. The number of carboxylic acids is 1. The third kappa shape index (κ3) is 4.62. The fraction of sp³-hybridized carbons (Fsp3) is 0.812. The first-order valence-corrected chi connectivity index (χ1v) is 8.46. The van der Waals surface area contributed by atoms with Gasteiger partial charge in [-0.25, -0.2) is 18.0 Å². The van der Waals surface area contributed by atoms with Gasteiger partial charge in [0.15, 0.2) is 6.17 Å². The summed E-state index contributed by atoms with van der Waals surface area (Å²) in [6, 6.07) is 0. The van der Waals surface area contributed by atoms with Crippen LogP contribution in [0.15, 0.2) is 11.6 Å². The van der Waals surface area contributed by atoms with Crippen LogP contribution in [0.4, 0.5) is 74.6 Å². The summed E-state index contributed by atoms with van der Waals surface area (Å²) >= 11 is 0. The van der Waals surface area contributed by atoms with Crippen LogP contribution in [0, 0.1) is 5.41 Å². The fourth-order valence-electron chi connectivity index (χ4n) is 2.31. The van der Waals surface area contributed by atoms with Gasteiger partial charge in [-0.05, 0) is 6.92 Å². The molecule has 0 saturated carbocycles. The lowest BCUT2D eigenvalue weighted by Gasteiger charge is -2.41. The monoisotopic (exact) mass is 560 g/mol. The van der Waals surface area contributed by atoms with Crippen LogP contribution in [0.5, 0.6) is 0 Å². The van der Waals surface area contributed by atoms with E-state index in [1.54, 1.807) is 0 Å². The van der Waals surface area contributed by atoms with Gasteiger partial charge in [-0.3, -0.25) is 0 Å². The van der Waals surface area contributed by atoms with Crippen LogP contribution in [-0.4, -0.2) is 65.1 Å². The van der Waals surface area contributed by atoms with Crippen LogP contribution in [-0.2, 0) is 4.79 Å². The van der Waals surface area contributed by atoms with Gasteiger partial charge in [0.2, 0.25) is 0 Å². The van der Waals surface area contributed by atoms with Crippen molar-refractivity contribution in [2.24, 2.45) is 5.41 Å². The molecule has 0 aromatic carbocycles. The molecule has 0 rings (SSSR count). The van der Waals surface area contributed by atoms with E-state index >= 15 is 0 Å². The first-order chi connectivity index (χ1) is 14.9. The zero-order valence-electron chi connectivity index (χ0n) is 17.0. The van der Waals surface area contributed by atoms with Crippen LogP contribution >= 0.6 is 0 Å². The van der Waals surface area contributed by atoms with E-state index < -0.39 is 97.9 Å². The average molecular weight is 560 g/mol. The normalized spacial score (nSPS) is 17.1. The molecule has 2 nitrogen and oxygen atoms in total. The zero-order chi connectivity index (χ0) is 29.0. The molecule has 208 valence electrons. The van der Waals surface area contributed by atoms with Gasteiger partial charge in [-0.2, -0.15) is 61.5 Å². The minimum Gasteiger partial charge on any atom is -0.478 e. The Morgan fingerprint density at radius 1 is 0.657 bits per heavy atom. The van der Waals surface area contributed by atoms with E-state index in [0.717, 1.165) is 0 Å². The molecule has 0 aromatic heterocycles. The van der Waals surface area contributed by atoms with Gasteiger partial charge in [-0.15, -0.1) is 0 Å². The van der Waals surface area contributed by atoms with E-state index in [9.17, 15) is 79.4 Å². The van der Waals surface area contributed by atoms with E-state index in [2.05, 4.69) is 0 Å². The standard InChI is InChI=1S/C16H13F17O2/c1-5(17)10(20,21)14(28,29)15(30,31)11(22,23)6(7(34)35)4-9(2,3)13(26,27)16(32,33)12(24,25)8(18)19/h4-5,8H,1-3H3,(H,34,35). The number of carbonyl (C=O) groups is 1. The molecule has 0 bridgehead atoms. The summed E-state index contributed by atoms with van der Waals surface area (Å²) in [5.41, 5.74) is -8.29. The largest absolute Gasteiger partial charge is 0.478 e. The number of halogens is 17. The summed E-state index contributed by atoms with van der Waals surface area (Å²) in [4.78, 5) is 11.0. The molecular weight excluding hydrogens is 547 g/mol. The number of aliphatic carboxylic acids is 1. The van der Waals surface area contributed by atoms with Crippen molar-refractivity contribution < 1.29 is 84.5 Å². The van der Waals surface area contributed by atoms with E-state index in [1.807, 2.05) is 0 Å². The lowest BCUT2D eigenvalue weighted by atomic mass is 9.77. The van der Waals surface area contributed by atoms with Crippen molar-refractivity contribution in [1.29, 1.82) is 0 Å². The SMILES string of the molecule is CC(F)C(F)(F)C(F)(F)C(F)(F)C(F)(F)C(=CC(C)(C)C(F)(F)C(F)(F)C(F)(F)C(F)F)C(=O)O. The summed E-state index contributed by atoms with van der Waals surface area (Å²) in [5.74, 6) is -53.4. The summed E-state index contributed by atoms with van der Waals surface area (Å²) in [6.45, 7) is -1.60. The third-order valence-electron chi connectivity index (χ3n) is 4.68. The Labute approximate surface area is 183 Å². The van der Waals surface area contributed by atoms with Crippen LogP contribution in [0.1, 0.15) is 20.8 Å². The van der Waals surface area contributed by atoms with Gasteiger partial charge in [0.1, 0.15) is 5.57 Å². The Kier molecular flexibility index (Phi) is 8.34. The predicted molar refractivity (Wildman–Crippen MR) is 80.7 cm³/mol. The minimum atomic E-state index is -7.64. The lowest BCUT2D eigenvalue weighted by Crippen LogP contribution is -2.65. The van der Waals surface area contributed by atoms with Gasteiger partial charge < -0.3 is 5.11 Å². The number of carboxylic acid groups (broad SMARTS) is 1. The van der Waals surface area contributed by atoms with Crippen molar-refractivity contribution in [3.8, 4) is 0 Å². The van der Waals surface area contributed by atoms with Crippen molar-refractivity contribution in [3.05, 3.63) is 11.6 Å². The number of hydrogen-bond acceptors (Lipinski definition) is 1. The molecule has 0 aliphatic carbocycles. The van der Waals surface area contributed by atoms with Gasteiger partial charge in [0, 0.05) is 0 Å². The first kappa shape index (κ1) is 33.0. The Morgan fingerprint density at radius 3 is 1.29 bits per heavy atom. The Morgan fingerprint density at radius 2 is 1.00 bits per heavy atom. The Hall–Kier alpha value is -1.98. The molecule has 1 atom stereocenters. The second-order valence-electron chi connectivity index (χ2n) is 7.62.